The van der Waals surface area contributed by atoms with Gasteiger partial charge in [0.1, 0.15) is 0 Å². The van der Waals surface area contributed by atoms with Crippen molar-refractivity contribution in [1.29, 1.82) is 0 Å². The van der Waals surface area contributed by atoms with Crippen molar-refractivity contribution in [1.82, 2.24) is 0 Å². The Morgan fingerprint density at radius 1 is 0.438 bits per heavy atom. The molecule has 0 atom stereocenters. The Bertz CT molecular complexity index is 48.4. The van der Waals surface area contributed by atoms with Gasteiger partial charge in [-0.1, -0.05) is 94.9 Å². The van der Waals surface area contributed by atoms with E-state index in [0.29, 0.717) is 0 Å². The fourth-order valence-electron chi connectivity index (χ4n) is 1.91. The van der Waals surface area contributed by atoms with E-state index in [1.54, 1.807) is 0 Å². The minimum Gasteiger partial charge on any atom is -0.0683 e. The average Bonchev–Trinajstić information content (AvgIpc) is 2.42. The molecule has 0 aromatic heterocycles. The van der Waals surface area contributed by atoms with Crippen molar-refractivity contribution in [2.75, 3.05) is 0 Å². The first-order valence-electron chi connectivity index (χ1n) is 7.79. The van der Waals surface area contributed by atoms with Crippen LogP contribution >= 0.6 is 0 Å². The molecule has 0 rings (SSSR count). The molecule has 0 radical (unpaired) electrons. The van der Waals surface area contributed by atoms with Crippen molar-refractivity contribution >= 4 is 0 Å². The standard InChI is InChI=1S/C10H22.3C2H6/c1-5-9(6-2)10(7-3)8-4;3*1-2/h9-10H,5-8H2,1-4H3;3*1-2H3. The predicted molar refractivity (Wildman–Crippen MR) is 82.2 cm³/mol. The maximum Gasteiger partial charge on any atom is -0.0391 e. The molecule has 0 aliphatic rings. The van der Waals surface area contributed by atoms with Gasteiger partial charge in [0.25, 0.3) is 0 Å². The number of rotatable bonds is 5. The lowest BCUT2D eigenvalue weighted by atomic mass is 9.84. The van der Waals surface area contributed by atoms with Gasteiger partial charge >= 0.3 is 0 Å². The van der Waals surface area contributed by atoms with Crippen LogP contribution in [-0.4, -0.2) is 0 Å². The van der Waals surface area contributed by atoms with Crippen molar-refractivity contribution in [3.05, 3.63) is 0 Å². The van der Waals surface area contributed by atoms with E-state index < -0.39 is 0 Å². The molecular formula is C16H40. The van der Waals surface area contributed by atoms with Crippen LogP contribution in [0.1, 0.15) is 94.9 Å². The maximum absolute atomic E-state index is 2.31. The van der Waals surface area contributed by atoms with Gasteiger partial charge in [-0.05, 0) is 11.8 Å². The molecule has 0 N–H and O–H groups in total. The molecule has 0 aliphatic carbocycles. The third kappa shape index (κ3) is 16.4. The van der Waals surface area contributed by atoms with Gasteiger partial charge < -0.3 is 0 Å². The zero-order valence-corrected chi connectivity index (χ0v) is 14.0. The summed E-state index contributed by atoms with van der Waals surface area (Å²) >= 11 is 0. The summed E-state index contributed by atoms with van der Waals surface area (Å²) in [4.78, 5) is 0. The molecule has 0 saturated carbocycles. The second kappa shape index (κ2) is 29.4. The van der Waals surface area contributed by atoms with E-state index in [2.05, 4.69) is 27.7 Å². The van der Waals surface area contributed by atoms with Crippen LogP contribution in [0.3, 0.4) is 0 Å². The van der Waals surface area contributed by atoms with Crippen molar-refractivity contribution < 1.29 is 0 Å². The first kappa shape index (κ1) is 25.0. The van der Waals surface area contributed by atoms with Crippen LogP contribution in [0.4, 0.5) is 0 Å². The molecule has 0 fully saturated rings. The zero-order chi connectivity index (χ0) is 14.0. The smallest absolute Gasteiger partial charge is 0.0391 e. The Labute approximate surface area is 107 Å². The van der Waals surface area contributed by atoms with Gasteiger partial charge in [0.2, 0.25) is 0 Å². The zero-order valence-electron chi connectivity index (χ0n) is 14.0. The number of hydrogen-bond acceptors (Lipinski definition) is 0. The van der Waals surface area contributed by atoms with E-state index in [1.807, 2.05) is 41.5 Å². The third-order valence-electron chi connectivity index (χ3n) is 2.76. The van der Waals surface area contributed by atoms with E-state index >= 15 is 0 Å². The van der Waals surface area contributed by atoms with Crippen LogP contribution in [0.15, 0.2) is 0 Å². The van der Waals surface area contributed by atoms with Gasteiger partial charge in [0, 0.05) is 0 Å². The summed E-state index contributed by atoms with van der Waals surface area (Å²) in [7, 11) is 0. The van der Waals surface area contributed by atoms with E-state index in [0.717, 1.165) is 11.8 Å². The fourth-order valence-corrected chi connectivity index (χ4v) is 1.91. The Balaban J connectivity index is -0.000000103. The minimum atomic E-state index is 0.981. The molecule has 0 nitrogen and oxygen atoms in total. The first-order chi connectivity index (χ1) is 7.79. The van der Waals surface area contributed by atoms with Gasteiger partial charge in [-0.25, -0.2) is 0 Å². The topological polar surface area (TPSA) is 0 Å². The molecule has 0 spiro atoms. The highest BCUT2D eigenvalue weighted by molar-refractivity contribution is 4.64. The van der Waals surface area contributed by atoms with Gasteiger partial charge in [0.05, 0.1) is 0 Å². The molecule has 0 unspecified atom stereocenters. The second-order valence-electron chi connectivity index (χ2n) is 3.15. The molecule has 104 valence electrons. The Morgan fingerprint density at radius 3 is 0.625 bits per heavy atom. The normalized spacial score (nSPS) is 8.25. The SMILES string of the molecule is CC.CC.CC.CCC(CC)C(CC)CC. The second-order valence-corrected chi connectivity index (χ2v) is 3.15. The van der Waals surface area contributed by atoms with E-state index in [1.165, 1.54) is 25.7 Å². The fraction of sp³-hybridized carbons (Fsp3) is 1.00. The predicted octanol–water partition coefficient (Wildman–Crippen LogP) is 6.94. The maximum atomic E-state index is 2.31. The Hall–Kier alpha value is 0. The lowest BCUT2D eigenvalue weighted by Crippen LogP contribution is -2.11. The van der Waals surface area contributed by atoms with Crippen LogP contribution in [0.25, 0.3) is 0 Å². The van der Waals surface area contributed by atoms with E-state index in [-0.39, 0.29) is 0 Å². The van der Waals surface area contributed by atoms with Gasteiger partial charge in [-0.15, -0.1) is 0 Å². The molecule has 0 heterocycles. The lowest BCUT2D eigenvalue weighted by molar-refractivity contribution is 0.295. The highest BCUT2D eigenvalue weighted by Crippen LogP contribution is 2.24. The largest absolute Gasteiger partial charge is 0.0683 e. The van der Waals surface area contributed by atoms with Crippen LogP contribution < -0.4 is 0 Å². The molecule has 0 amide bonds. The molecule has 0 heteroatoms. The van der Waals surface area contributed by atoms with Crippen LogP contribution in [0.2, 0.25) is 0 Å². The van der Waals surface area contributed by atoms with Crippen molar-refractivity contribution in [2.45, 2.75) is 94.9 Å². The van der Waals surface area contributed by atoms with Crippen LogP contribution in [0, 0.1) is 11.8 Å². The molecule has 0 saturated heterocycles. The Morgan fingerprint density at radius 2 is 0.562 bits per heavy atom. The van der Waals surface area contributed by atoms with Crippen LogP contribution in [-0.2, 0) is 0 Å². The minimum absolute atomic E-state index is 0.981. The summed E-state index contributed by atoms with van der Waals surface area (Å²) in [5.41, 5.74) is 0. The Kier molecular flexibility index (Phi) is 45.9. The molecule has 0 aromatic rings. The quantitative estimate of drug-likeness (QED) is 0.481. The molecular weight excluding hydrogens is 192 g/mol. The van der Waals surface area contributed by atoms with Gasteiger partial charge in [-0.3, -0.25) is 0 Å². The van der Waals surface area contributed by atoms with Gasteiger partial charge in [-0.2, -0.15) is 0 Å². The third-order valence-corrected chi connectivity index (χ3v) is 2.76. The van der Waals surface area contributed by atoms with E-state index in [4.69, 9.17) is 0 Å². The lowest BCUT2D eigenvalue weighted by Gasteiger charge is -2.22. The van der Waals surface area contributed by atoms with Crippen LogP contribution in [0.5, 0.6) is 0 Å². The summed E-state index contributed by atoms with van der Waals surface area (Å²) < 4.78 is 0. The van der Waals surface area contributed by atoms with Crippen molar-refractivity contribution in [3.63, 3.8) is 0 Å². The highest BCUT2D eigenvalue weighted by atomic mass is 14.2. The van der Waals surface area contributed by atoms with E-state index in [9.17, 15) is 0 Å². The average molecular weight is 232 g/mol. The summed E-state index contributed by atoms with van der Waals surface area (Å²) in [5.74, 6) is 1.96. The van der Waals surface area contributed by atoms with Crippen molar-refractivity contribution in [3.8, 4) is 0 Å². The summed E-state index contributed by atoms with van der Waals surface area (Å²) in [5, 5.41) is 0. The molecule has 16 heavy (non-hydrogen) atoms. The summed E-state index contributed by atoms with van der Waals surface area (Å²) in [6.45, 7) is 21.2. The number of hydrogen-bond donors (Lipinski definition) is 0. The summed E-state index contributed by atoms with van der Waals surface area (Å²) in [6.07, 6.45) is 5.46. The molecule has 0 bridgehead atoms. The monoisotopic (exact) mass is 232 g/mol. The summed E-state index contributed by atoms with van der Waals surface area (Å²) in [6, 6.07) is 0. The molecule has 0 aliphatic heterocycles. The first-order valence-corrected chi connectivity index (χ1v) is 7.79. The molecule has 0 aromatic carbocycles. The van der Waals surface area contributed by atoms with Gasteiger partial charge in [0.15, 0.2) is 0 Å². The van der Waals surface area contributed by atoms with Crippen molar-refractivity contribution in [2.24, 2.45) is 11.8 Å². The highest BCUT2D eigenvalue weighted by Gasteiger charge is 2.13.